The highest BCUT2D eigenvalue weighted by Crippen LogP contribution is 2.39. The Bertz CT molecular complexity index is 531. The van der Waals surface area contributed by atoms with Crippen molar-refractivity contribution in [3.63, 3.8) is 0 Å². The predicted molar refractivity (Wildman–Crippen MR) is 79.1 cm³/mol. The van der Waals surface area contributed by atoms with E-state index in [4.69, 9.17) is 0 Å². The molecule has 114 valence electrons. The molecule has 0 bridgehead atoms. The minimum Gasteiger partial charge on any atom is -0.356 e. The zero-order valence-corrected chi connectivity index (χ0v) is 12.4. The highest BCUT2D eigenvalue weighted by atomic mass is 19.1. The molecule has 1 aliphatic rings. The summed E-state index contributed by atoms with van der Waals surface area (Å²) in [5.74, 6) is -0.680. The summed E-state index contributed by atoms with van der Waals surface area (Å²) >= 11 is 0. The molecule has 21 heavy (non-hydrogen) atoms. The molecular weight excluding hydrogens is 271 g/mol. The molecule has 0 radical (unpaired) electrons. The maximum atomic E-state index is 13.0. The van der Waals surface area contributed by atoms with E-state index in [9.17, 15) is 14.0 Å². The Kier molecular flexibility index (Phi) is 4.94. The van der Waals surface area contributed by atoms with E-state index in [1.54, 1.807) is 6.07 Å². The number of hydrogen-bond donors (Lipinski definition) is 2. The van der Waals surface area contributed by atoms with Gasteiger partial charge in [0.1, 0.15) is 5.82 Å². The summed E-state index contributed by atoms with van der Waals surface area (Å²) in [4.78, 5) is 23.8. The molecule has 2 N–H and O–H groups in total. The average Bonchev–Trinajstić information content (AvgIpc) is 3.18. The van der Waals surface area contributed by atoms with Crippen molar-refractivity contribution in [2.45, 2.75) is 26.7 Å². The molecule has 1 fully saturated rings. The van der Waals surface area contributed by atoms with E-state index < -0.39 is 5.82 Å². The van der Waals surface area contributed by atoms with Gasteiger partial charge in [-0.15, -0.1) is 0 Å². The van der Waals surface area contributed by atoms with Crippen LogP contribution in [0.25, 0.3) is 0 Å². The van der Waals surface area contributed by atoms with Gasteiger partial charge in [0.15, 0.2) is 0 Å². The van der Waals surface area contributed by atoms with Crippen LogP contribution < -0.4 is 10.6 Å². The molecule has 0 spiro atoms. The van der Waals surface area contributed by atoms with Crippen LogP contribution in [0.3, 0.4) is 0 Å². The number of nitrogens with one attached hydrogen (secondary N) is 2. The van der Waals surface area contributed by atoms with E-state index in [-0.39, 0.29) is 23.7 Å². The number of carbonyl (C=O) groups excluding carboxylic acids is 2. The van der Waals surface area contributed by atoms with E-state index in [1.165, 1.54) is 18.2 Å². The average molecular weight is 292 g/mol. The van der Waals surface area contributed by atoms with Crippen molar-refractivity contribution in [2.75, 3.05) is 11.9 Å². The Balaban J connectivity index is 1.77. The number of halogens is 1. The van der Waals surface area contributed by atoms with Crippen molar-refractivity contribution in [2.24, 2.45) is 17.8 Å². The monoisotopic (exact) mass is 292 g/mol. The predicted octanol–water partition coefficient (Wildman–Crippen LogP) is 2.56. The lowest BCUT2D eigenvalue weighted by molar-refractivity contribution is -0.125. The molecule has 0 aliphatic heterocycles. The molecule has 1 aliphatic carbocycles. The van der Waals surface area contributed by atoms with Crippen LogP contribution in [0.4, 0.5) is 10.1 Å². The summed E-state index contributed by atoms with van der Waals surface area (Å²) in [5.41, 5.74) is 0.422. The molecule has 4 nitrogen and oxygen atoms in total. The van der Waals surface area contributed by atoms with E-state index in [2.05, 4.69) is 24.5 Å². The number of hydrogen-bond acceptors (Lipinski definition) is 2. The first-order valence-electron chi connectivity index (χ1n) is 7.31. The van der Waals surface area contributed by atoms with Gasteiger partial charge in [-0.05, 0) is 37.0 Å². The Labute approximate surface area is 124 Å². The quantitative estimate of drug-likeness (QED) is 0.846. The van der Waals surface area contributed by atoms with Gasteiger partial charge in [-0.3, -0.25) is 9.59 Å². The highest BCUT2D eigenvalue weighted by Gasteiger charge is 2.47. The van der Waals surface area contributed by atoms with Crippen LogP contribution in [0.2, 0.25) is 0 Å². The second kappa shape index (κ2) is 6.70. The zero-order chi connectivity index (χ0) is 15.4. The van der Waals surface area contributed by atoms with Gasteiger partial charge < -0.3 is 10.6 Å². The van der Waals surface area contributed by atoms with Gasteiger partial charge in [-0.25, -0.2) is 4.39 Å². The van der Waals surface area contributed by atoms with Gasteiger partial charge in [0.05, 0.1) is 11.8 Å². The second-order valence-corrected chi connectivity index (χ2v) is 5.92. The van der Waals surface area contributed by atoms with Gasteiger partial charge in [0.25, 0.3) is 0 Å². The third-order valence-corrected chi connectivity index (χ3v) is 3.58. The number of anilines is 1. The molecule has 1 aromatic rings. The Morgan fingerprint density at radius 3 is 2.67 bits per heavy atom. The standard InChI is InChI=1S/C16H21FN2O2/c1-10(2)6-7-18-15(20)13-9-14(13)16(21)19-12-5-3-4-11(17)8-12/h3-5,8,10,13-14H,6-7,9H2,1-2H3,(H,18,20)(H,19,21). The fourth-order valence-corrected chi connectivity index (χ4v) is 2.19. The minimum absolute atomic E-state index is 0.0601. The van der Waals surface area contributed by atoms with Gasteiger partial charge in [-0.2, -0.15) is 0 Å². The van der Waals surface area contributed by atoms with Gasteiger partial charge in [-0.1, -0.05) is 19.9 Å². The van der Waals surface area contributed by atoms with E-state index in [1.807, 2.05) is 0 Å². The number of rotatable bonds is 6. The Morgan fingerprint density at radius 2 is 2.00 bits per heavy atom. The smallest absolute Gasteiger partial charge is 0.228 e. The van der Waals surface area contributed by atoms with Crippen LogP contribution in [0.15, 0.2) is 24.3 Å². The molecule has 2 rings (SSSR count). The maximum Gasteiger partial charge on any atom is 0.228 e. The minimum atomic E-state index is -0.397. The molecule has 0 saturated heterocycles. The lowest BCUT2D eigenvalue weighted by atomic mass is 10.1. The van der Waals surface area contributed by atoms with Crippen LogP contribution >= 0.6 is 0 Å². The molecule has 2 amide bonds. The van der Waals surface area contributed by atoms with Crippen LogP contribution in [-0.4, -0.2) is 18.4 Å². The molecule has 0 heterocycles. The SMILES string of the molecule is CC(C)CCNC(=O)C1CC1C(=O)Nc1cccc(F)c1. The largest absolute Gasteiger partial charge is 0.356 e. The van der Waals surface area contributed by atoms with Crippen molar-refractivity contribution in [3.8, 4) is 0 Å². The number of carbonyl (C=O) groups is 2. The fourth-order valence-electron chi connectivity index (χ4n) is 2.19. The molecule has 1 saturated carbocycles. The third kappa shape index (κ3) is 4.55. The summed E-state index contributed by atoms with van der Waals surface area (Å²) in [6, 6.07) is 5.74. The molecule has 2 unspecified atom stereocenters. The third-order valence-electron chi connectivity index (χ3n) is 3.58. The first-order valence-corrected chi connectivity index (χ1v) is 7.31. The zero-order valence-electron chi connectivity index (χ0n) is 12.4. The van der Waals surface area contributed by atoms with Gasteiger partial charge >= 0.3 is 0 Å². The van der Waals surface area contributed by atoms with Crippen molar-refractivity contribution in [1.82, 2.24) is 5.32 Å². The van der Waals surface area contributed by atoms with E-state index in [0.29, 0.717) is 24.6 Å². The fraction of sp³-hybridized carbons (Fsp3) is 0.500. The summed E-state index contributed by atoms with van der Waals surface area (Å²) in [5, 5.41) is 5.50. The first-order chi connectivity index (χ1) is 9.97. The lowest BCUT2D eigenvalue weighted by Crippen LogP contribution is -2.28. The molecule has 0 aromatic heterocycles. The van der Waals surface area contributed by atoms with Crippen molar-refractivity contribution in [1.29, 1.82) is 0 Å². The van der Waals surface area contributed by atoms with Crippen LogP contribution in [0.1, 0.15) is 26.7 Å². The van der Waals surface area contributed by atoms with Crippen molar-refractivity contribution in [3.05, 3.63) is 30.1 Å². The Morgan fingerprint density at radius 1 is 1.29 bits per heavy atom. The molecule has 5 heteroatoms. The Hall–Kier alpha value is -1.91. The summed E-state index contributed by atoms with van der Waals surface area (Å²) < 4.78 is 13.0. The van der Waals surface area contributed by atoms with Crippen molar-refractivity contribution >= 4 is 17.5 Å². The lowest BCUT2D eigenvalue weighted by Gasteiger charge is -2.07. The number of benzene rings is 1. The molecular formula is C16H21FN2O2. The summed E-state index contributed by atoms with van der Waals surface area (Å²) in [6.07, 6.45) is 1.49. The van der Waals surface area contributed by atoms with Crippen LogP contribution in [0.5, 0.6) is 0 Å². The molecule has 2 atom stereocenters. The topological polar surface area (TPSA) is 58.2 Å². The molecule has 1 aromatic carbocycles. The van der Waals surface area contributed by atoms with Gasteiger partial charge in [0, 0.05) is 12.2 Å². The second-order valence-electron chi connectivity index (χ2n) is 5.92. The van der Waals surface area contributed by atoms with E-state index >= 15 is 0 Å². The summed E-state index contributed by atoms with van der Waals surface area (Å²) in [6.45, 7) is 4.84. The summed E-state index contributed by atoms with van der Waals surface area (Å²) in [7, 11) is 0. The normalized spacial score (nSPS) is 20.2. The van der Waals surface area contributed by atoms with Crippen molar-refractivity contribution < 1.29 is 14.0 Å². The van der Waals surface area contributed by atoms with Crippen LogP contribution in [0, 0.1) is 23.6 Å². The maximum absolute atomic E-state index is 13.0. The van der Waals surface area contributed by atoms with Crippen LogP contribution in [-0.2, 0) is 9.59 Å². The number of amides is 2. The van der Waals surface area contributed by atoms with Gasteiger partial charge in [0.2, 0.25) is 11.8 Å². The first kappa shape index (κ1) is 15.5. The van der Waals surface area contributed by atoms with E-state index in [0.717, 1.165) is 6.42 Å². The highest BCUT2D eigenvalue weighted by molar-refractivity contribution is 5.99.